The van der Waals surface area contributed by atoms with E-state index in [4.69, 9.17) is 9.47 Å². The number of anilines is 1. The molecule has 7 nitrogen and oxygen atoms in total. The summed E-state index contributed by atoms with van der Waals surface area (Å²) in [6, 6.07) is 17.7. The third-order valence-corrected chi connectivity index (χ3v) is 6.18. The van der Waals surface area contributed by atoms with Crippen molar-refractivity contribution >= 4 is 23.7 Å². The molecule has 39 heavy (non-hydrogen) atoms. The monoisotopic (exact) mass is 527 g/mol. The molecule has 7 heteroatoms. The molecule has 0 saturated carbocycles. The van der Waals surface area contributed by atoms with Crippen molar-refractivity contribution in [2.45, 2.75) is 53.6 Å². The van der Waals surface area contributed by atoms with E-state index >= 15 is 0 Å². The molecule has 0 unspecified atom stereocenters. The van der Waals surface area contributed by atoms with Crippen LogP contribution in [-0.2, 0) is 22.6 Å². The Bertz CT molecular complexity index is 1330. The third kappa shape index (κ3) is 8.85. The molecule has 0 atom stereocenters. The fourth-order valence-corrected chi connectivity index (χ4v) is 3.89. The Morgan fingerprint density at radius 2 is 1.72 bits per heavy atom. The van der Waals surface area contributed by atoms with Gasteiger partial charge in [-0.15, -0.1) is 6.58 Å². The number of nitrogens with zero attached hydrogens (tertiary/aromatic N) is 1. The fraction of sp³-hybridized carbons (Fsp3) is 0.281. The van der Waals surface area contributed by atoms with Crippen molar-refractivity contribution in [3.05, 3.63) is 101 Å². The van der Waals surface area contributed by atoms with E-state index in [1.807, 2.05) is 70.2 Å². The molecule has 0 bridgehead atoms. The quantitative estimate of drug-likeness (QED) is 0.158. The smallest absolute Gasteiger partial charge is 0.240 e. The Balaban J connectivity index is 1.62. The van der Waals surface area contributed by atoms with Gasteiger partial charge in [-0.2, -0.15) is 5.10 Å². The molecular weight excluding hydrogens is 490 g/mol. The molecule has 3 aromatic rings. The van der Waals surface area contributed by atoms with E-state index in [0.29, 0.717) is 31.1 Å². The molecule has 0 aromatic heterocycles. The molecule has 0 heterocycles. The van der Waals surface area contributed by atoms with Crippen LogP contribution in [0.5, 0.6) is 11.5 Å². The summed E-state index contributed by atoms with van der Waals surface area (Å²) in [6.07, 6.45) is 4.00. The number of amides is 2. The lowest BCUT2D eigenvalue weighted by atomic mass is 10.1. The number of ether oxygens (including phenoxy) is 2. The topological polar surface area (TPSA) is 89.0 Å². The molecule has 0 saturated heterocycles. The Kier molecular flexibility index (Phi) is 10.9. The van der Waals surface area contributed by atoms with Crippen molar-refractivity contribution < 1.29 is 19.1 Å². The normalized spacial score (nSPS) is 10.8. The van der Waals surface area contributed by atoms with E-state index < -0.39 is 0 Å². The molecule has 204 valence electrons. The van der Waals surface area contributed by atoms with E-state index in [1.165, 1.54) is 5.56 Å². The van der Waals surface area contributed by atoms with Crippen LogP contribution in [-0.4, -0.2) is 24.6 Å². The van der Waals surface area contributed by atoms with Gasteiger partial charge in [-0.1, -0.05) is 48.0 Å². The molecule has 3 aromatic carbocycles. The Morgan fingerprint density at radius 3 is 2.44 bits per heavy atom. The molecular formula is C32H37N3O4. The van der Waals surface area contributed by atoms with Crippen molar-refractivity contribution in [3.63, 3.8) is 0 Å². The minimum absolute atomic E-state index is 0.0196. The second-order valence-corrected chi connectivity index (χ2v) is 9.30. The van der Waals surface area contributed by atoms with Crippen LogP contribution < -0.4 is 20.2 Å². The summed E-state index contributed by atoms with van der Waals surface area (Å²) in [5.74, 6) is 0.685. The number of aryl methyl sites for hydroxylation is 2. The van der Waals surface area contributed by atoms with Gasteiger partial charge in [-0.3, -0.25) is 9.59 Å². The largest absolute Gasteiger partial charge is 0.490 e. The van der Waals surface area contributed by atoms with Gasteiger partial charge in [0.15, 0.2) is 11.5 Å². The van der Waals surface area contributed by atoms with Crippen molar-refractivity contribution in [2.75, 3.05) is 11.9 Å². The number of hydrogen-bond acceptors (Lipinski definition) is 5. The number of nitrogens with one attached hydrogen (secondary N) is 2. The maximum Gasteiger partial charge on any atom is 0.240 e. The summed E-state index contributed by atoms with van der Waals surface area (Å²) in [6.45, 7) is 12.6. The van der Waals surface area contributed by atoms with Crippen LogP contribution in [0.4, 0.5) is 5.69 Å². The summed E-state index contributed by atoms with van der Waals surface area (Å²) >= 11 is 0. The number of rotatable bonds is 13. The molecule has 3 rings (SSSR count). The fourth-order valence-electron chi connectivity index (χ4n) is 3.89. The first-order chi connectivity index (χ1) is 18.8. The lowest BCUT2D eigenvalue weighted by Gasteiger charge is -2.17. The first-order valence-electron chi connectivity index (χ1n) is 13.1. The zero-order chi connectivity index (χ0) is 28.2. The lowest BCUT2D eigenvalue weighted by Crippen LogP contribution is -2.21. The van der Waals surface area contributed by atoms with Gasteiger partial charge in [-0.05, 0) is 74.6 Å². The average molecular weight is 528 g/mol. The van der Waals surface area contributed by atoms with Gasteiger partial charge in [0.05, 0.1) is 12.8 Å². The van der Waals surface area contributed by atoms with Crippen LogP contribution in [0.3, 0.4) is 0 Å². The highest BCUT2D eigenvalue weighted by Crippen LogP contribution is 2.34. The van der Waals surface area contributed by atoms with Gasteiger partial charge in [0.1, 0.15) is 6.61 Å². The lowest BCUT2D eigenvalue weighted by molar-refractivity contribution is -0.124. The maximum absolute atomic E-state index is 12.3. The summed E-state index contributed by atoms with van der Waals surface area (Å²) in [7, 11) is 0. The van der Waals surface area contributed by atoms with E-state index in [0.717, 1.165) is 33.5 Å². The molecule has 0 aliphatic heterocycles. The standard InChI is InChI=1S/C32H37N3O4/c1-6-9-27-18-26(19-29(38-7-2)32(27)39-21-25-14-12-22(3)13-15-25)20-33-35-31(37)17-16-30(36)34-28-11-8-10-23(4)24(28)5/h6,8,10-15,18-20H,1,7,9,16-17,21H2,2-5H3,(H,34,36)(H,35,37). The molecule has 0 spiro atoms. The van der Waals surface area contributed by atoms with Crippen LogP contribution in [0.25, 0.3) is 0 Å². The minimum Gasteiger partial charge on any atom is -0.490 e. The maximum atomic E-state index is 12.3. The van der Waals surface area contributed by atoms with Crippen LogP contribution in [0, 0.1) is 20.8 Å². The van der Waals surface area contributed by atoms with Crippen molar-refractivity contribution in [2.24, 2.45) is 5.10 Å². The van der Waals surface area contributed by atoms with Gasteiger partial charge in [0.25, 0.3) is 0 Å². The van der Waals surface area contributed by atoms with Gasteiger partial charge in [0, 0.05) is 24.1 Å². The van der Waals surface area contributed by atoms with Crippen molar-refractivity contribution in [1.82, 2.24) is 5.43 Å². The highest BCUT2D eigenvalue weighted by molar-refractivity contribution is 5.94. The Labute approximate surface area is 230 Å². The number of benzene rings is 3. The van der Waals surface area contributed by atoms with Crippen LogP contribution >= 0.6 is 0 Å². The third-order valence-electron chi connectivity index (χ3n) is 6.18. The van der Waals surface area contributed by atoms with Crippen molar-refractivity contribution in [1.29, 1.82) is 0 Å². The minimum atomic E-state index is -0.350. The Hall–Kier alpha value is -4.39. The summed E-state index contributed by atoms with van der Waals surface area (Å²) < 4.78 is 12.1. The van der Waals surface area contributed by atoms with Crippen LogP contribution in [0.1, 0.15) is 53.1 Å². The summed E-state index contributed by atoms with van der Waals surface area (Å²) in [4.78, 5) is 24.6. The van der Waals surface area contributed by atoms with E-state index in [2.05, 4.69) is 34.6 Å². The van der Waals surface area contributed by atoms with Gasteiger partial charge in [0.2, 0.25) is 11.8 Å². The molecule has 0 aliphatic rings. The zero-order valence-corrected chi connectivity index (χ0v) is 23.2. The highest BCUT2D eigenvalue weighted by Gasteiger charge is 2.14. The number of allylic oxidation sites excluding steroid dienone is 1. The van der Waals surface area contributed by atoms with Crippen molar-refractivity contribution in [3.8, 4) is 11.5 Å². The van der Waals surface area contributed by atoms with E-state index in [-0.39, 0.29) is 24.7 Å². The number of hydrogen-bond donors (Lipinski definition) is 2. The molecule has 2 amide bonds. The van der Waals surface area contributed by atoms with E-state index in [1.54, 1.807) is 12.3 Å². The van der Waals surface area contributed by atoms with Gasteiger partial charge < -0.3 is 14.8 Å². The first kappa shape index (κ1) is 29.2. The predicted octanol–water partition coefficient (Wildman–Crippen LogP) is 6.19. The summed E-state index contributed by atoms with van der Waals surface area (Å²) in [5, 5.41) is 6.95. The number of carbonyl (C=O) groups excluding carboxylic acids is 2. The van der Waals surface area contributed by atoms with Gasteiger partial charge in [-0.25, -0.2) is 5.43 Å². The van der Waals surface area contributed by atoms with Gasteiger partial charge >= 0.3 is 0 Å². The SMILES string of the molecule is C=CCc1cc(C=NNC(=O)CCC(=O)Nc2cccc(C)c2C)cc(OCC)c1OCc1ccc(C)cc1. The molecule has 0 aliphatic carbocycles. The number of hydrazone groups is 1. The molecule has 0 radical (unpaired) electrons. The molecule has 0 fully saturated rings. The Morgan fingerprint density at radius 1 is 0.974 bits per heavy atom. The average Bonchev–Trinajstić information content (AvgIpc) is 2.91. The second-order valence-electron chi connectivity index (χ2n) is 9.30. The first-order valence-corrected chi connectivity index (χ1v) is 13.1. The highest BCUT2D eigenvalue weighted by atomic mass is 16.5. The zero-order valence-electron chi connectivity index (χ0n) is 23.2. The predicted molar refractivity (Wildman–Crippen MR) is 157 cm³/mol. The van der Waals surface area contributed by atoms with Crippen LogP contribution in [0.15, 0.2) is 72.4 Å². The summed E-state index contributed by atoms with van der Waals surface area (Å²) in [5.41, 5.74) is 9.25. The molecule has 2 N–H and O–H groups in total. The van der Waals surface area contributed by atoms with E-state index in [9.17, 15) is 9.59 Å². The van der Waals surface area contributed by atoms with Crippen LogP contribution in [0.2, 0.25) is 0 Å². The number of carbonyl (C=O) groups is 2. The second kappa shape index (κ2) is 14.5.